The fraction of sp³-hybridized carbons (Fsp3) is 0.514. The van der Waals surface area contributed by atoms with E-state index in [1.165, 1.54) is 11.3 Å². The standard InChI is InChI=1S/C37H47N5O4S/c38-28-14-6-7-15-29(28)40-33(43)26-17-18-27(22-26)39-34(44)30(21-24-11-3-1-4-12-24)41-36(46)37(19-9-2-10-20-37)42-35(45)32-23-25-13-5-8-16-31(25)47-32/h1,3-5,8,11-13,16,23,26-30H,2,6-7,9-10,14-15,17-22,38H2,(H,39,44)(H,40,43)(H,41,46)(H,42,45)/t26-,27+,28-,29-,30-/m1/s1. The van der Waals surface area contributed by atoms with E-state index in [9.17, 15) is 19.2 Å². The molecule has 4 amide bonds. The van der Waals surface area contributed by atoms with Crippen LogP contribution in [0.5, 0.6) is 0 Å². The maximum atomic E-state index is 14.2. The summed E-state index contributed by atoms with van der Waals surface area (Å²) in [5.74, 6) is -1.02. The largest absolute Gasteiger partial charge is 0.352 e. The van der Waals surface area contributed by atoms with Gasteiger partial charge < -0.3 is 27.0 Å². The Morgan fingerprint density at radius 2 is 1.60 bits per heavy atom. The van der Waals surface area contributed by atoms with E-state index in [0.717, 1.165) is 60.6 Å². The highest BCUT2D eigenvalue weighted by molar-refractivity contribution is 7.20. The zero-order valence-electron chi connectivity index (χ0n) is 27.0. The highest BCUT2D eigenvalue weighted by Gasteiger charge is 2.43. The van der Waals surface area contributed by atoms with Crippen molar-refractivity contribution in [1.29, 1.82) is 0 Å². The Labute approximate surface area is 280 Å². The van der Waals surface area contributed by atoms with Crippen LogP contribution in [0.2, 0.25) is 0 Å². The first-order valence-electron chi connectivity index (χ1n) is 17.3. The Bertz CT molecular complexity index is 1540. The number of nitrogens with one attached hydrogen (secondary N) is 4. The van der Waals surface area contributed by atoms with Crippen LogP contribution in [0.15, 0.2) is 60.7 Å². The van der Waals surface area contributed by atoms with E-state index in [1.807, 2.05) is 60.7 Å². The van der Waals surface area contributed by atoms with Crippen molar-refractivity contribution in [2.75, 3.05) is 0 Å². The third-order valence-electron chi connectivity index (χ3n) is 10.3. The fourth-order valence-electron chi connectivity index (χ4n) is 7.58. The summed E-state index contributed by atoms with van der Waals surface area (Å²) in [6, 6.07) is 18.4. The van der Waals surface area contributed by atoms with Gasteiger partial charge in [-0.25, -0.2) is 0 Å². The average molecular weight is 658 g/mol. The fourth-order valence-corrected chi connectivity index (χ4v) is 8.54. The zero-order chi connectivity index (χ0) is 32.8. The topological polar surface area (TPSA) is 142 Å². The van der Waals surface area contributed by atoms with Gasteiger partial charge in [0.1, 0.15) is 11.6 Å². The first-order chi connectivity index (χ1) is 22.8. The molecule has 1 heterocycles. The number of carbonyl (C=O) groups is 4. The van der Waals surface area contributed by atoms with Crippen molar-refractivity contribution in [2.45, 2.75) is 113 Å². The first-order valence-corrected chi connectivity index (χ1v) is 18.1. The molecule has 0 bridgehead atoms. The lowest BCUT2D eigenvalue weighted by molar-refractivity contribution is -0.133. The lowest BCUT2D eigenvalue weighted by Gasteiger charge is -2.37. The van der Waals surface area contributed by atoms with Crippen molar-refractivity contribution >= 4 is 45.1 Å². The summed E-state index contributed by atoms with van der Waals surface area (Å²) >= 11 is 1.41. The minimum atomic E-state index is -1.10. The van der Waals surface area contributed by atoms with Crippen LogP contribution in [0.25, 0.3) is 10.1 Å². The van der Waals surface area contributed by atoms with Gasteiger partial charge in [-0.1, -0.05) is 80.6 Å². The number of hydrogen-bond acceptors (Lipinski definition) is 6. The molecule has 9 nitrogen and oxygen atoms in total. The van der Waals surface area contributed by atoms with E-state index in [1.54, 1.807) is 0 Å². The minimum absolute atomic E-state index is 0.00542. The van der Waals surface area contributed by atoms with Gasteiger partial charge in [0.05, 0.1) is 4.88 Å². The van der Waals surface area contributed by atoms with Gasteiger partial charge in [0.25, 0.3) is 5.91 Å². The second-order valence-corrected chi connectivity index (χ2v) is 14.8. The third-order valence-corrected chi connectivity index (χ3v) is 11.5. The first kappa shape index (κ1) is 33.2. The molecular formula is C37H47N5O4S. The van der Waals surface area contributed by atoms with Crippen LogP contribution in [-0.2, 0) is 20.8 Å². The van der Waals surface area contributed by atoms with E-state index < -0.39 is 11.6 Å². The number of nitrogens with two attached hydrogens (primary N) is 1. The number of thiophene rings is 1. The van der Waals surface area contributed by atoms with Crippen LogP contribution in [0.3, 0.4) is 0 Å². The molecule has 0 saturated heterocycles. The number of fused-ring (bicyclic) bond motifs is 1. The molecule has 3 fully saturated rings. The third kappa shape index (κ3) is 8.04. The van der Waals surface area contributed by atoms with Crippen molar-refractivity contribution < 1.29 is 19.2 Å². The molecule has 3 aromatic rings. The highest BCUT2D eigenvalue weighted by atomic mass is 32.1. The van der Waals surface area contributed by atoms with E-state index in [2.05, 4.69) is 21.3 Å². The normalized spacial score (nSPS) is 24.6. The van der Waals surface area contributed by atoms with Crippen LogP contribution in [-0.4, -0.2) is 53.3 Å². The Morgan fingerprint density at radius 1 is 0.851 bits per heavy atom. The zero-order valence-corrected chi connectivity index (χ0v) is 27.8. The number of amides is 4. The molecule has 10 heteroatoms. The van der Waals surface area contributed by atoms with E-state index in [0.29, 0.717) is 43.4 Å². The summed E-state index contributed by atoms with van der Waals surface area (Å²) in [5, 5.41) is 13.5. The SMILES string of the molecule is N[C@@H]1CCCC[C@H]1NC(=O)[C@@H]1CC[C@H](NC(=O)[C@@H](Cc2ccccc2)NC(=O)C2(NC(=O)c3cc4ccccc4s3)CCCCC2)C1. The van der Waals surface area contributed by atoms with Gasteiger partial charge in [-0.15, -0.1) is 11.3 Å². The Balaban J connectivity index is 1.13. The molecule has 3 aliphatic rings. The van der Waals surface area contributed by atoms with Gasteiger partial charge in [-0.2, -0.15) is 0 Å². The van der Waals surface area contributed by atoms with Gasteiger partial charge in [0.2, 0.25) is 17.7 Å². The predicted molar refractivity (Wildman–Crippen MR) is 185 cm³/mol. The average Bonchev–Trinajstić information content (AvgIpc) is 3.74. The molecule has 3 aliphatic carbocycles. The highest BCUT2D eigenvalue weighted by Crippen LogP contribution is 2.32. The van der Waals surface area contributed by atoms with Crippen LogP contribution in [0.4, 0.5) is 0 Å². The molecule has 6 N–H and O–H groups in total. The maximum Gasteiger partial charge on any atom is 0.262 e. The molecule has 47 heavy (non-hydrogen) atoms. The summed E-state index contributed by atoms with van der Waals surface area (Å²) in [4.78, 5) is 55.3. The molecule has 0 unspecified atom stereocenters. The molecule has 2 aromatic carbocycles. The lowest BCUT2D eigenvalue weighted by atomic mass is 9.80. The number of benzene rings is 2. The molecule has 3 saturated carbocycles. The monoisotopic (exact) mass is 657 g/mol. The van der Waals surface area contributed by atoms with Crippen molar-refractivity contribution in [3.8, 4) is 0 Å². The minimum Gasteiger partial charge on any atom is -0.352 e. The molecule has 0 radical (unpaired) electrons. The van der Waals surface area contributed by atoms with Crippen LogP contribution >= 0.6 is 11.3 Å². The van der Waals surface area contributed by atoms with Gasteiger partial charge in [0.15, 0.2) is 0 Å². The van der Waals surface area contributed by atoms with Crippen molar-refractivity contribution in [1.82, 2.24) is 21.3 Å². The van der Waals surface area contributed by atoms with Crippen LogP contribution < -0.4 is 27.0 Å². The summed E-state index contributed by atoms with van der Waals surface area (Å²) in [7, 11) is 0. The van der Waals surface area contributed by atoms with Gasteiger partial charge in [0, 0.05) is 35.2 Å². The summed E-state index contributed by atoms with van der Waals surface area (Å²) in [6.07, 6.45) is 9.92. The number of hydrogen-bond donors (Lipinski definition) is 5. The maximum absolute atomic E-state index is 14.2. The summed E-state index contributed by atoms with van der Waals surface area (Å²) in [5.41, 5.74) is 6.09. The van der Waals surface area contributed by atoms with E-state index >= 15 is 0 Å². The van der Waals surface area contributed by atoms with Crippen molar-refractivity contribution in [3.05, 3.63) is 71.1 Å². The second kappa shape index (κ2) is 15.0. The second-order valence-electron chi connectivity index (χ2n) is 13.7. The molecule has 6 rings (SSSR count). The molecular weight excluding hydrogens is 611 g/mol. The van der Waals surface area contributed by atoms with E-state index in [-0.39, 0.29) is 47.7 Å². The lowest BCUT2D eigenvalue weighted by Crippen LogP contribution is -2.63. The van der Waals surface area contributed by atoms with Crippen LogP contribution in [0, 0.1) is 5.92 Å². The Morgan fingerprint density at radius 3 is 2.36 bits per heavy atom. The molecule has 5 atom stereocenters. The van der Waals surface area contributed by atoms with Gasteiger partial charge in [-0.05, 0) is 68.0 Å². The quantitative estimate of drug-likeness (QED) is 0.214. The Hall–Kier alpha value is -3.76. The van der Waals surface area contributed by atoms with E-state index in [4.69, 9.17) is 5.73 Å². The number of carbonyl (C=O) groups excluding carboxylic acids is 4. The number of rotatable bonds is 10. The van der Waals surface area contributed by atoms with Crippen molar-refractivity contribution in [3.63, 3.8) is 0 Å². The Kier molecular flexibility index (Phi) is 10.6. The summed E-state index contributed by atoms with van der Waals surface area (Å²) in [6.45, 7) is 0. The summed E-state index contributed by atoms with van der Waals surface area (Å²) < 4.78 is 1.02. The molecule has 0 spiro atoms. The smallest absolute Gasteiger partial charge is 0.262 e. The molecule has 0 aliphatic heterocycles. The van der Waals surface area contributed by atoms with Gasteiger partial charge >= 0.3 is 0 Å². The molecule has 1 aromatic heterocycles. The van der Waals surface area contributed by atoms with Crippen LogP contribution in [0.1, 0.15) is 92.3 Å². The predicted octanol–water partition coefficient (Wildman–Crippen LogP) is 4.73. The van der Waals surface area contributed by atoms with Gasteiger partial charge in [-0.3, -0.25) is 19.2 Å². The molecule has 250 valence electrons. The van der Waals surface area contributed by atoms with Crippen molar-refractivity contribution in [2.24, 2.45) is 11.7 Å².